The van der Waals surface area contributed by atoms with Gasteiger partial charge in [-0.1, -0.05) is 0 Å². The molecule has 1 fully saturated rings. The maximum absolute atomic E-state index is 10.5. The third-order valence-corrected chi connectivity index (χ3v) is 3.13. The van der Waals surface area contributed by atoms with Gasteiger partial charge in [0.05, 0.1) is 11.5 Å². The van der Waals surface area contributed by atoms with E-state index in [1.807, 2.05) is 0 Å². The van der Waals surface area contributed by atoms with Crippen molar-refractivity contribution in [2.45, 2.75) is 19.9 Å². The topological polar surface area (TPSA) is 64.8 Å². The first-order valence-corrected chi connectivity index (χ1v) is 6.53. The first-order valence-electron chi connectivity index (χ1n) is 6.53. The summed E-state index contributed by atoms with van der Waals surface area (Å²) in [4.78, 5) is 12.4. The standard InChI is InChI=1S/C14H18N2O4/c1-11(2)15-7-8-19-14(9-15)10-20-13-5-3-12(4-6-13)16(17)18/h3-6,10-11H,7-9H2,1-2H3. The minimum atomic E-state index is -0.437. The number of ether oxygens (including phenoxy) is 2. The Morgan fingerprint density at radius 2 is 2.10 bits per heavy atom. The number of non-ortho nitro benzene ring substituents is 1. The molecule has 0 spiro atoms. The van der Waals surface area contributed by atoms with Gasteiger partial charge in [0.15, 0.2) is 0 Å². The number of hydrogen-bond donors (Lipinski definition) is 0. The van der Waals surface area contributed by atoms with E-state index >= 15 is 0 Å². The van der Waals surface area contributed by atoms with Gasteiger partial charge in [-0.3, -0.25) is 15.0 Å². The Balaban J connectivity index is 1.96. The molecule has 0 amide bonds. The highest BCUT2D eigenvalue weighted by Gasteiger charge is 2.17. The second-order valence-electron chi connectivity index (χ2n) is 4.87. The van der Waals surface area contributed by atoms with Gasteiger partial charge in [-0.15, -0.1) is 0 Å². The third-order valence-electron chi connectivity index (χ3n) is 3.13. The quantitative estimate of drug-likeness (QED) is 0.481. The molecular weight excluding hydrogens is 260 g/mol. The summed E-state index contributed by atoms with van der Waals surface area (Å²) in [5.74, 6) is 1.32. The van der Waals surface area contributed by atoms with Gasteiger partial charge in [0.1, 0.15) is 24.4 Å². The molecule has 108 valence electrons. The summed E-state index contributed by atoms with van der Waals surface area (Å²) in [5.41, 5.74) is 0.0462. The molecule has 0 saturated carbocycles. The molecule has 6 heteroatoms. The molecule has 0 unspecified atom stereocenters. The molecule has 1 saturated heterocycles. The zero-order chi connectivity index (χ0) is 14.5. The molecular formula is C14H18N2O4. The molecule has 1 aliphatic heterocycles. The summed E-state index contributed by atoms with van der Waals surface area (Å²) in [6.45, 7) is 6.55. The van der Waals surface area contributed by atoms with Crippen molar-refractivity contribution in [1.29, 1.82) is 0 Å². The van der Waals surface area contributed by atoms with Crippen LogP contribution in [0.25, 0.3) is 0 Å². The Bertz CT molecular complexity index is 496. The van der Waals surface area contributed by atoms with Gasteiger partial charge in [0.25, 0.3) is 5.69 Å². The molecule has 2 rings (SSSR count). The van der Waals surface area contributed by atoms with Crippen LogP contribution in [0, 0.1) is 10.1 Å². The summed E-state index contributed by atoms with van der Waals surface area (Å²) in [6, 6.07) is 6.42. The second-order valence-corrected chi connectivity index (χ2v) is 4.87. The number of benzene rings is 1. The summed E-state index contributed by atoms with van der Waals surface area (Å²) in [7, 11) is 0. The SMILES string of the molecule is CC(C)N1CCOC(=COc2ccc([N+](=O)[O-])cc2)C1. The van der Waals surface area contributed by atoms with Gasteiger partial charge in [-0.2, -0.15) is 0 Å². The normalized spacial score (nSPS) is 18.1. The summed E-state index contributed by atoms with van der Waals surface area (Å²) in [6.07, 6.45) is 1.57. The van der Waals surface area contributed by atoms with Gasteiger partial charge in [0.2, 0.25) is 0 Å². The fraction of sp³-hybridized carbons (Fsp3) is 0.429. The second kappa shape index (κ2) is 6.38. The molecule has 1 aromatic rings. The number of nitrogens with zero attached hydrogens (tertiary/aromatic N) is 2. The lowest BCUT2D eigenvalue weighted by molar-refractivity contribution is -0.384. The Labute approximate surface area is 117 Å². The van der Waals surface area contributed by atoms with E-state index in [0.717, 1.165) is 12.3 Å². The number of nitro groups is 1. The van der Waals surface area contributed by atoms with Crippen LogP contribution in [0.4, 0.5) is 5.69 Å². The monoisotopic (exact) mass is 278 g/mol. The highest BCUT2D eigenvalue weighted by Crippen LogP contribution is 2.19. The Hall–Kier alpha value is -2.08. The van der Waals surface area contributed by atoms with Crippen LogP contribution in [0.15, 0.2) is 36.3 Å². The van der Waals surface area contributed by atoms with Gasteiger partial charge < -0.3 is 9.47 Å². The highest BCUT2D eigenvalue weighted by molar-refractivity contribution is 5.36. The zero-order valence-corrected chi connectivity index (χ0v) is 11.6. The fourth-order valence-electron chi connectivity index (χ4n) is 1.91. The van der Waals surface area contributed by atoms with Crippen molar-refractivity contribution in [3.63, 3.8) is 0 Å². The molecule has 0 bridgehead atoms. The number of rotatable bonds is 4. The van der Waals surface area contributed by atoms with Gasteiger partial charge in [0, 0.05) is 24.7 Å². The first-order chi connectivity index (χ1) is 9.56. The van der Waals surface area contributed by atoms with Gasteiger partial charge in [-0.25, -0.2) is 0 Å². The van der Waals surface area contributed by atoms with Crippen LogP contribution in [-0.2, 0) is 4.74 Å². The lowest BCUT2D eigenvalue weighted by Crippen LogP contribution is -2.39. The van der Waals surface area contributed by atoms with Crippen molar-refractivity contribution in [2.24, 2.45) is 0 Å². The smallest absolute Gasteiger partial charge is 0.269 e. The van der Waals surface area contributed by atoms with Crippen LogP contribution in [0.1, 0.15) is 13.8 Å². The average Bonchev–Trinajstić information content (AvgIpc) is 2.46. The van der Waals surface area contributed by atoms with Gasteiger partial charge in [-0.05, 0) is 26.0 Å². The summed E-state index contributed by atoms with van der Waals surface area (Å²) >= 11 is 0. The lowest BCUT2D eigenvalue weighted by Gasteiger charge is -2.31. The van der Waals surface area contributed by atoms with E-state index in [2.05, 4.69) is 18.7 Å². The summed E-state index contributed by atoms with van der Waals surface area (Å²) in [5, 5.41) is 10.5. The van der Waals surface area contributed by atoms with Crippen LogP contribution in [0.2, 0.25) is 0 Å². The van der Waals surface area contributed by atoms with E-state index in [-0.39, 0.29) is 5.69 Å². The number of nitro benzene ring substituents is 1. The van der Waals surface area contributed by atoms with E-state index < -0.39 is 4.92 Å². The molecule has 0 radical (unpaired) electrons. The summed E-state index contributed by atoms with van der Waals surface area (Å²) < 4.78 is 11.0. The molecule has 0 atom stereocenters. The molecule has 0 aromatic heterocycles. The zero-order valence-electron chi connectivity index (χ0n) is 11.6. The van der Waals surface area contributed by atoms with Crippen LogP contribution >= 0.6 is 0 Å². The van der Waals surface area contributed by atoms with Crippen molar-refractivity contribution in [3.8, 4) is 5.75 Å². The van der Waals surface area contributed by atoms with Crippen molar-refractivity contribution >= 4 is 5.69 Å². The predicted molar refractivity (Wildman–Crippen MR) is 74.5 cm³/mol. The van der Waals surface area contributed by atoms with Gasteiger partial charge >= 0.3 is 0 Å². The van der Waals surface area contributed by atoms with Crippen molar-refractivity contribution < 1.29 is 14.4 Å². The van der Waals surface area contributed by atoms with E-state index in [0.29, 0.717) is 24.9 Å². The van der Waals surface area contributed by atoms with Crippen molar-refractivity contribution in [3.05, 3.63) is 46.4 Å². The van der Waals surface area contributed by atoms with Crippen molar-refractivity contribution in [1.82, 2.24) is 4.90 Å². The number of hydrogen-bond acceptors (Lipinski definition) is 5. The average molecular weight is 278 g/mol. The van der Waals surface area contributed by atoms with E-state index in [4.69, 9.17) is 9.47 Å². The predicted octanol–water partition coefficient (Wildman–Crippen LogP) is 2.56. The maximum atomic E-state index is 10.5. The molecule has 0 N–H and O–H groups in total. The maximum Gasteiger partial charge on any atom is 0.269 e. The molecule has 1 aliphatic rings. The van der Waals surface area contributed by atoms with E-state index in [9.17, 15) is 10.1 Å². The van der Waals surface area contributed by atoms with E-state index in [1.165, 1.54) is 12.1 Å². The van der Waals surface area contributed by atoms with Crippen molar-refractivity contribution in [2.75, 3.05) is 19.7 Å². The molecule has 0 aliphatic carbocycles. The highest BCUT2D eigenvalue weighted by atomic mass is 16.6. The first kappa shape index (κ1) is 14.3. The van der Waals surface area contributed by atoms with Crippen LogP contribution < -0.4 is 4.74 Å². The Kier molecular flexibility index (Phi) is 4.57. The lowest BCUT2D eigenvalue weighted by atomic mass is 10.3. The molecule has 1 aromatic carbocycles. The fourth-order valence-corrected chi connectivity index (χ4v) is 1.91. The van der Waals surface area contributed by atoms with Crippen LogP contribution in [0.5, 0.6) is 5.75 Å². The third kappa shape index (κ3) is 3.71. The van der Waals surface area contributed by atoms with Crippen LogP contribution in [-0.4, -0.2) is 35.6 Å². The minimum Gasteiger partial charge on any atom is -0.492 e. The van der Waals surface area contributed by atoms with Crippen LogP contribution in [0.3, 0.4) is 0 Å². The Morgan fingerprint density at radius 3 is 2.70 bits per heavy atom. The van der Waals surface area contributed by atoms with E-state index in [1.54, 1.807) is 18.4 Å². The largest absolute Gasteiger partial charge is 0.492 e. The molecule has 20 heavy (non-hydrogen) atoms. The molecule has 6 nitrogen and oxygen atoms in total. The Morgan fingerprint density at radius 1 is 1.40 bits per heavy atom. The minimum absolute atomic E-state index is 0.0462. The molecule has 1 heterocycles. The number of morpholine rings is 1.